The molecule has 2 heterocycles. The molecule has 19 heavy (non-hydrogen) atoms. The van der Waals surface area contributed by atoms with Crippen molar-refractivity contribution in [3.8, 4) is 0 Å². The van der Waals surface area contributed by atoms with Crippen LogP contribution in [0.25, 0.3) is 0 Å². The van der Waals surface area contributed by atoms with Gasteiger partial charge < -0.3 is 15.1 Å². The van der Waals surface area contributed by atoms with Gasteiger partial charge in [0.2, 0.25) is 0 Å². The summed E-state index contributed by atoms with van der Waals surface area (Å²) in [5.41, 5.74) is 1.58. The fraction of sp³-hybridized carbons (Fsp3) is 0.571. The van der Waals surface area contributed by atoms with E-state index < -0.39 is 6.10 Å². The highest BCUT2D eigenvalue weighted by Crippen LogP contribution is 2.22. The van der Waals surface area contributed by atoms with Gasteiger partial charge in [0.15, 0.2) is 0 Å². The van der Waals surface area contributed by atoms with Gasteiger partial charge >= 0.3 is 0 Å². The third-order valence-electron chi connectivity index (χ3n) is 3.68. The highest BCUT2D eigenvalue weighted by atomic mass is 16.3. The molecule has 1 amide bonds. The van der Waals surface area contributed by atoms with Crippen LogP contribution in [-0.2, 0) is 0 Å². The normalized spacial score (nSPS) is 18.4. The average Bonchev–Trinajstić information content (AvgIpc) is 2.46. The molecule has 2 rings (SSSR count). The van der Waals surface area contributed by atoms with E-state index in [-0.39, 0.29) is 18.4 Å². The third kappa shape index (κ3) is 3.30. The molecule has 0 saturated carbocycles. The lowest BCUT2D eigenvalue weighted by Gasteiger charge is -2.33. The van der Waals surface area contributed by atoms with Crippen molar-refractivity contribution in [1.29, 1.82) is 0 Å². The highest BCUT2D eigenvalue weighted by Gasteiger charge is 2.27. The number of likely N-dealkylation sites (tertiary alicyclic amines) is 1. The highest BCUT2D eigenvalue weighted by molar-refractivity contribution is 5.94. The van der Waals surface area contributed by atoms with Gasteiger partial charge in [-0.3, -0.25) is 9.78 Å². The number of nitrogens with zero attached hydrogens (tertiary/aromatic N) is 2. The summed E-state index contributed by atoms with van der Waals surface area (Å²) in [7, 11) is 0. The Morgan fingerprint density at radius 2 is 2.16 bits per heavy atom. The lowest BCUT2D eigenvalue weighted by Crippen LogP contribution is -2.42. The van der Waals surface area contributed by atoms with Crippen molar-refractivity contribution in [3.05, 3.63) is 29.6 Å². The number of carbonyl (C=O) groups excluding carboxylic acids is 1. The van der Waals surface area contributed by atoms with Crippen LogP contribution in [0.2, 0.25) is 0 Å². The summed E-state index contributed by atoms with van der Waals surface area (Å²) in [5.74, 6) is 0.0813. The minimum Gasteiger partial charge on any atom is -0.394 e. The molecular weight excluding hydrogens is 244 g/mol. The summed E-state index contributed by atoms with van der Waals surface area (Å²) in [6.07, 6.45) is 4.10. The van der Waals surface area contributed by atoms with Crippen LogP contribution in [0.5, 0.6) is 0 Å². The van der Waals surface area contributed by atoms with E-state index >= 15 is 0 Å². The predicted molar refractivity (Wildman–Crippen MR) is 70.7 cm³/mol. The molecule has 1 aromatic heterocycles. The van der Waals surface area contributed by atoms with E-state index in [1.54, 1.807) is 17.3 Å². The largest absolute Gasteiger partial charge is 0.394 e. The maximum atomic E-state index is 12.3. The van der Waals surface area contributed by atoms with E-state index in [9.17, 15) is 9.90 Å². The Kier molecular flexibility index (Phi) is 4.50. The standard InChI is InChI=1S/C14H20N2O3/c1-10-6-12(8-15-7-10)14(19)16-4-2-11(3-5-16)13(18)9-17/h6-8,11,13,17-18H,2-5,9H2,1H3. The zero-order valence-electron chi connectivity index (χ0n) is 11.1. The van der Waals surface area contributed by atoms with E-state index in [1.165, 1.54) is 0 Å². The van der Waals surface area contributed by atoms with E-state index in [0.29, 0.717) is 18.7 Å². The van der Waals surface area contributed by atoms with Gasteiger partial charge in [-0.25, -0.2) is 0 Å². The number of rotatable bonds is 3. The zero-order valence-corrected chi connectivity index (χ0v) is 11.1. The summed E-state index contributed by atoms with van der Waals surface area (Å²) >= 11 is 0. The maximum absolute atomic E-state index is 12.3. The molecule has 5 heteroatoms. The monoisotopic (exact) mass is 264 g/mol. The van der Waals surface area contributed by atoms with Crippen molar-refractivity contribution in [2.75, 3.05) is 19.7 Å². The number of pyridine rings is 1. The summed E-state index contributed by atoms with van der Waals surface area (Å²) in [5, 5.41) is 18.5. The summed E-state index contributed by atoms with van der Waals surface area (Å²) in [6.45, 7) is 2.94. The molecule has 0 spiro atoms. The third-order valence-corrected chi connectivity index (χ3v) is 3.68. The Balaban J connectivity index is 1.96. The Labute approximate surface area is 112 Å². The maximum Gasteiger partial charge on any atom is 0.255 e. The lowest BCUT2D eigenvalue weighted by molar-refractivity contribution is 0.0179. The molecule has 1 fully saturated rings. The number of hydrogen-bond donors (Lipinski definition) is 2. The van der Waals surface area contributed by atoms with Crippen LogP contribution in [0.1, 0.15) is 28.8 Å². The predicted octanol–water partition coefficient (Wildman–Crippen LogP) is 0.595. The number of piperidine rings is 1. The van der Waals surface area contributed by atoms with Crippen LogP contribution in [0.15, 0.2) is 18.5 Å². The van der Waals surface area contributed by atoms with E-state index in [2.05, 4.69) is 4.98 Å². The van der Waals surface area contributed by atoms with Gasteiger partial charge in [0.1, 0.15) is 0 Å². The van der Waals surface area contributed by atoms with Crippen molar-refractivity contribution in [1.82, 2.24) is 9.88 Å². The van der Waals surface area contributed by atoms with E-state index in [0.717, 1.165) is 18.4 Å². The number of hydrogen-bond acceptors (Lipinski definition) is 4. The molecule has 2 N–H and O–H groups in total. The SMILES string of the molecule is Cc1cncc(C(=O)N2CCC(C(O)CO)CC2)c1. The Morgan fingerprint density at radius 3 is 2.74 bits per heavy atom. The number of amides is 1. The first-order valence-electron chi connectivity index (χ1n) is 6.61. The number of aliphatic hydroxyl groups excluding tert-OH is 2. The van der Waals surface area contributed by atoms with Crippen LogP contribution in [0.4, 0.5) is 0 Å². The molecule has 104 valence electrons. The van der Waals surface area contributed by atoms with Gasteiger partial charge in [-0.1, -0.05) is 0 Å². The van der Waals surface area contributed by atoms with Crippen molar-refractivity contribution < 1.29 is 15.0 Å². The molecule has 1 saturated heterocycles. The minimum atomic E-state index is -0.669. The minimum absolute atomic E-state index is 0.00635. The van der Waals surface area contributed by atoms with Gasteiger partial charge in [0, 0.05) is 25.5 Å². The van der Waals surface area contributed by atoms with Crippen molar-refractivity contribution >= 4 is 5.91 Å². The molecule has 1 aliphatic rings. The quantitative estimate of drug-likeness (QED) is 0.838. The fourth-order valence-electron chi connectivity index (χ4n) is 2.49. The average molecular weight is 264 g/mol. The van der Waals surface area contributed by atoms with Crippen molar-refractivity contribution in [3.63, 3.8) is 0 Å². The number of aliphatic hydroxyl groups is 2. The van der Waals surface area contributed by atoms with Crippen LogP contribution in [-0.4, -0.2) is 51.8 Å². The first-order chi connectivity index (χ1) is 9.11. The molecule has 1 atom stereocenters. The van der Waals surface area contributed by atoms with Gasteiger partial charge in [0.25, 0.3) is 5.91 Å². The second-order valence-electron chi connectivity index (χ2n) is 5.13. The topological polar surface area (TPSA) is 73.7 Å². The fourth-order valence-corrected chi connectivity index (χ4v) is 2.49. The second kappa shape index (κ2) is 6.12. The van der Waals surface area contributed by atoms with Crippen LogP contribution in [0.3, 0.4) is 0 Å². The number of carbonyl (C=O) groups is 1. The molecule has 0 aromatic carbocycles. The first kappa shape index (κ1) is 14.0. The Morgan fingerprint density at radius 1 is 1.47 bits per heavy atom. The molecule has 0 aliphatic carbocycles. The number of aromatic nitrogens is 1. The van der Waals surface area contributed by atoms with Crippen molar-refractivity contribution in [2.24, 2.45) is 5.92 Å². The first-order valence-corrected chi connectivity index (χ1v) is 6.61. The van der Waals surface area contributed by atoms with Crippen LogP contribution >= 0.6 is 0 Å². The molecule has 1 unspecified atom stereocenters. The molecule has 5 nitrogen and oxygen atoms in total. The van der Waals surface area contributed by atoms with E-state index in [4.69, 9.17) is 5.11 Å². The molecule has 1 aromatic rings. The van der Waals surface area contributed by atoms with Crippen molar-refractivity contribution in [2.45, 2.75) is 25.9 Å². The Bertz CT molecular complexity index is 442. The van der Waals surface area contributed by atoms with E-state index in [1.807, 2.05) is 13.0 Å². The van der Waals surface area contributed by atoms with Crippen LogP contribution in [0, 0.1) is 12.8 Å². The number of aryl methyl sites for hydroxylation is 1. The van der Waals surface area contributed by atoms with Gasteiger partial charge in [-0.05, 0) is 37.3 Å². The van der Waals surface area contributed by atoms with Gasteiger partial charge in [-0.2, -0.15) is 0 Å². The molecular formula is C14H20N2O3. The summed E-state index contributed by atoms with van der Waals surface area (Å²) in [6, 6.07) is 1.84. The Hall–Kier alpha value is -1.46. The summed E-state index contributed by atoms with van der Waals surface area (Å²) in [4.78, 5) is 18.1. The summed E-state index contributed by atoms with van der Waals surface area (Å²) < 4.78 is 0. The zero-order chi connectivity index (χ0) is 13.8. The van der Waals surface area contributed by atoms with Crippen LogP contribution < -0.4 is 0 Å². The second-order valence-corrected chi connectivity index (χ2v) is 5.13. The smallest absolute Gasteiger partial charge is 0.255 e. The molecule has 1 aliphatic heterocycles. The van der Waals surface area contributed by atoms with Gasteiger partial charge in [-0.15, -0.1) is 0 Å². The molecule has 0 radical (unpaired) electrons. The lowest BCUT2D eigenvalue weighted by atomic mass is 9.91. The molecule has 0 bridgehead atoms. The van der Waals surface area contributed by atoms with Gasteiger partial charge in [0.05, 0.1) is 18.3 Å².